The number of piperidine rings is 1. The van der Waals surface area contributed by atoms with E-state index in [0.717, 1.165) is 51.1 Å². The lowest BCUT2D eigenvalue weighted by Crippen LogP contribution is -2.39. The van der Waals surface area contributed by atoms with Crippen molar-refractivity contribution in [3.63, 3.8) is 0 Å². The molecule has 0 N–H and O–H groups in total. The molecule has 2 heterocycles. The van der Waals surface area contributed by atoms with Gasteiger partial charge in [-0.2, -0.15) is 5.26 Å². The summed E-state index contributed by atoms with van der Waals surface area (Å²) in [4.78, 5) is 18.4. The van der Waals surface area contributed by atoms with Crippen molar-refractivity contribution in [2.75, 3.05) is 31.1 Å². The van der Waals surface area contributed by atoms with Gasteiger partial charge in [0.25, 0.3) is 0 Å². The van der Waals surface area contributed by atoms with E-state index < -0.39 is 0 Å². The van der Waals surface area contributed by atoms with Gasteiger partial charge in [0.2, 0.25) is 0 Å². The third-order valence-electron chi connectivity index (χ3n) is 5.48. The lowest BCUT2D eigenvalue weighted by atomic mass is 10.1. The third kappa shape index (κ3) is 4.58. The highest BCUT2D eigenvalue weighted by Gasteiger charge is 2.24. The third-order valence-corrected chi connectivity index (χ3v) is 6.61. The van der Waals surface area contributed by atoms with Crippen LogP contribution in [0.15, 0.2) is 52.3 Å². The fourth-order valence-corrected chi connectivity index (χ4v) is 5.15. The molecule has 2 aromatic carbocycles. The highest BCUT2D eigenvalue weighted by molar-refractivity contribution is 7.99. The highest BCUT2D eigenvalue weighted by Crippen LogP contribution is 2.48. The number of carbonyl (C=O) groups excluding carboxylic acids is 1. The number of ether oxygens (including phenoxy) is 1. The lowest BCUT2D eigenvalue weighted by Gasteiger charge is -2.35. The van der Waals surface area contributed by atoms with E-state index in [1.54, 1.807) is 11.8 Å². The fourth-order valence-electron chi connectivity index (χ4n) is 4.08. The van der Waals surface area contributed by atoms with Crippen molar-refractivity contribution in [2.45, 2.75) is 42.1 Å². The molecule has 150 valence electrons. The van der Waals surface area contributed by atoms with Crippen LogP contribution >= 0.6 is 11.8 Å². The zero-order chi connectivity index (χ0) is 20.2. The van der Waals surface area contributed by atoms with Crippen molar-refractivity contribution in [1.82, 2.24) is 4.90 Å². The van der Waals surface area contributed by atoms with Crippen LogP contribution in [0.1, 0.15) is 31.7 Å². The van der Waals surface area contributed by atoms with E-state index in [2.05, 4.69) is 46.2 Å². The number of fused-ring (bicyclic) bond motifs is 2. The average Bonchev–Trinajstić information content (AvgIpc) is 2.73. The number of esters is 1. The summed E-state index contributed by atoms with van der Waals surface area (Å²) in [6, 6.07) is 16.7. The molecule has 1 fully saturated rings. The minimum absolute atomic E-state index is 0.0750. The Morgan fingerprint density at radius 2 is 1.90 bits per heavy atom. The molecule has 2 aliphatic heterocycles. The standard InChI is InChI=1S/C23H25N3O2S/c1-17(27)28-19-9-13-25(14-10-19)11-4-12-26-20-5-2-3-6-22(20)29-23-8-7-18(16-24)15-21(23)26/h2-3,5-8,15,19H,4,9-14H2,1H3. The van der Waals surface area contributed by atoms with E-state index in [9.17, 15) is 10.1 Å². The summed E-state index contributed by atoms with van der Waals surface area (Å²) in [7, 11) is 0. The lowest BCUT2D eigenvalue weighted by molar-refractivity contribution is -0.148. The normalized spacial score (nSPS) is 16.6. The van der Waals surface area contributed by atoms with Crippen molar-refractivity contribution in [3.8, 4) is 6.07 Å². The monoisotopic (exact) mass is 407 g/mol. The summed E-state index contributed by atoms with van der Waals surface area (Å²) in [5, 5.41) is 9.33. The number of nitriles is 1. The Labute approximate surface area is 176 Å². The van der Waals surface area contributed by atoms with Crippen LogP contribution in [0.5, 0.6) is 0 Å². The van der Waals surface area contributed by atoms with E-state index in [4.69, 9.17) is 4.74 Å². The van der Waals surface area contributed by atoms with Crippen molar-refractivity contribution in [3.05, 3.63) is 48.0 Å². The van der Waals surface area contributed by atoms with Gasteiger partial charge in [0.05, 0.1) is 23.0 Å². The number of hydrogen-bond acceptors (Lipinski definition) is 6. The molecule has 29 heavy (non-hydrogen) atoms. The molecule has 4 rings (SSSR count). The number of rotatable bonds is 5. The van der Waals surface area contributed by atoms with Gasteiger partial charge in [-0.05, 0) is 56.1 Å². The molecule has 0 aliphatic carbocycles. The number of likely N-dealkylation sites (tertiary alicyclic amines) is 1. The molecule has 1 saturated heterocycles. The van der Waals surface area contributed by atoms with Gasteiger partial charge in [0, 0.05) is 36.3 Å². The number of carbonyl (C=O) groups is 1. The smallest absolute Gasteiger partial charge is 0.302 e. The zero-order valence-corrected chi connectivity index (χ0v) is 17.5. The SMILES string of the molecule is CC(=O)OC1CCN(CCCN2c3ccccc3Sc3ccc(C#N)cc32)CC1. The molecule has 0 bridgehead atoms. The van der Waals surface area contributed by atoms with Crippen molar-refractivity contribution in [1.29, 1.82) is 5.26 Å². The van der Waals surface area contributed by atoms with Gasteiger partial charge >= 0.3 is 5.97 Å². The fraction of sp³-hybridized carbons (Fsp3) is 0.391. The van der Waals surface area contributed by atoms with Gasteiger partial charge in [-0.3, -0.25) is 4.79 Å². The van der Waals surface area contributed by atoms with Crippen LogP contribution < -0.4 is 4.90 Å². The van der Waals surface area contributed by atoms with Crippen LogP contribution in [0, 0.1) is 11.3 Å². The zero-order valence-electron chi connectivity index (χ0n) is 16.6. The number of hydrogen-bond donors (Lipinski definition) is 0. The predicted octanol–water partition coefficient (Wildman–Crippen LogP) is 4.58. The molecule has 0 unspecified atom stereocenters. The van der Waals surface area contributed by atoms with Crippen LogP contribution in [-0.4, -0.2) is 43.2 Å². The second-order valence-electron chi connectivity index (χ2n) is 7.52. The van der Waals surface area contributed by atoms with Crippen LogP contribution in [0.3, 0.4) is 0 Å². The van der Waals surface area contributed by atoms with Crippen LogP contribution in [0.2, 0.25) is 0 Å². The molecule has 0 amide bonds. The minimum Gasteiger partial charge on any atom is -0.462 e. The first kappa shape index (κ1) is 19.8. The average molecular weight is 408 g/mol. The predicted molar refractivity (Wildman–Crippen MR) is 115 cm³/mol. The van der Waals surface area contributed by atoms with Crippen LogP contribution in [0.25, 0.3) is 0 Å². The molecule has 5 nitrogen and oxygen atoms in total. The molecule has 0 spiro atoms. The second kappa shape index (κ2) is 8.89. The van der Waals surface area contributed by atoms with Crippen LogP contribution in [0.4, 0.5) is 11.4 Å². The summed E-state index contributed by atoms with van der Waals surface area (Å²) in [5.74, 6) is -0.180. The topological polar surface area (TPSA) is 56.6 Å². The Morgan fingerprint density at radius 3 is 2.66 bits per heavy atom. The summed E-state index contributed by atoms with van der Waals surface area (Å²) in [5.41, 5.74) is 3.04. The summed E-state index contributed by atoms with van der Waals surface area (Å²) >= 11 is 1.77. The van der Waals surface area contributed by atoms with E-state index in [-0.39, 0.29) is 12.1 Å². The maximum absolute atomic E-state index is 11.1. The van der Waals surface area contributed by atoms with Gasteiger partial charge in [-0.25, -0.2) is 0 Å². The minimum atomic E-state index is -0.180. The molecule has 6 heteroatoms. The van der Waals surface area contributed by atoms with Crippen molar-refractivity contribution in [2.24, 2.45) is 0 Å². The van der Waals surface area contributed by atoms with E-state index >= 15 is 0 Å². The Morgan fingerprint density at radius 1 is 1.14 bits per heavy atom. The largest absolute Gasteiger partial charge is 0.462 e. The first-order valence-corrected chi connectivity index (χ1v) is 10.9. The van der Waals surface area contributed by atoms with Gasteiger partial charge < -0.3 is 14.5 Å². The quantitative estimate of drug-likeness (QED) is 0.677. The Kier molecular flexibility index (Phi) is 6.08. The van der Waals surface area contributed by atoms with Crippen LogP contribution in [-0.2, 0) is 9.53 Å². The van der Waals surface area contributed by atoms with Gasteiger partial charge in [-0.1, -0.05) is 23.9 Å². The number of nitrogens with zero attached hydrogens (tertiary/aromatic N) is 3. The number of anilines is 2. The summed E-state index contributed by atoms with van der Waals surface area (Å²) in [6.07, 6.45) is 2.94. The van der Waals surface area contributed by atoms with Gasteiger partial charge in [-0.15, -0.1) is 0 Å². The van der Waals surface area contributed by atoms with Gasteiger partial charge in [0.1, 0.15) is 6.10 Å². The molecular weight excluding hydrogens is 382 g/mol. The molecule has 0 radical (unpaired) electrons. The van der Waals surface area contributed by atoms with E-state index in [1.807, 2.05) is 12.1 Å². The second-order valence-corrected chi connectivity index (χ2v) is 8.60. The molecule has 2 aliphatic rings. The van der Waals surface area contributed by atoms with E-state index in [1.165, 1.54) is 22.4 Å². The molecule has 2 aromatic rings. The van der Waals surface area contributed by atoms with Crippen molar-refractivity contribution >= 4 is 29.1 Å². The van der Waals surface area contributed by atoms with Gasteiger partial charge in [0.15, 0.2) is 0 Å². The molecular formula is C23H25N3O2S. The first-order valence-electron chi connectivity index (χ1n) is 10.1. The summed E-state index contributed by atoms with van der Waals surface area (Å²) < 4.78 is 5.34. The maximum atomic E-state index is 11.1. The Hall–Kier alpha value is -2.49. The molecule has 0 atom stereocenters. The Bertz CT molecular complexity index is 932. The number of para-hydroxylation sites is 1. The number of benzene rings is 2. The van der Waals surface area contributed by atoms with Crippen molar-refractivity contribution < 1.29 is 9.53 Å². The Balaban J connectivity index is 1.41. The first-order chi connectivity index (χ1) is 14.1. The highest BCUT2D eigenvalue weighted by atomic mass is 32.2. The van der Waals surface area contributed by atoms with E-state index in [0.29, 0.717) is 5.56 Å². The maximum Gasteiger partial charge on any atom is 0.302 e. The molecule has 0 aromatic heterocycles. The summed E-state index contributed by atoms with van der Waals surface area (Å²) in [6.45, 7) is 5.35. The molecule has 0 saturated carbocycles.